The SMILES string of the molecule is [AlH3].[CH2]C(CCCCCCC)CCCCCCCCC. The second-order valence-electron chi connectivity index (χ2n) is 5.98. The molecule has 0 amide bonds. The summed E-state index contributed by atoms with van der Waals surface area (Å²) < 4.78 is 0. The lowest BCUT2D eigenvalue weighted by Crippen LogP contribution is -1.95. The Morgan fingerprint density at radius 2 is 0.895 bits per heavy atom. The van der Waals surface area contributed by atoms with Crippen LogP contribution in [-0.4, -0.2) is 17.4 Å². The van der Waals surface area contributed by atoms with Crippen molar-refractivity contribution < 1.29 is 0 Å². The first-order valence-electron chi connectivity index (χ1n) is 8.64. The lowest BCUT2D eigenvalue weighted by molar-refractivity contribution is 0.463. The lowest BCUT2D eigenvalue weighted by Gasteiger charge is -2.10. The van der Waals surface area contributed by atoms with Crippen LogP contribution in [0.15, 0.2) is 0 Å². The second kappa shape index (κ2) is 18.5. The molecule has 1 radical (unpaired) electrons. The third kappa shape index (κ3) is 18.5. The number of hydrogen-bond acceptors (Lipinski definition) is 0. The summed E-state index contributed by atoms with van der Waals surface area (Å²) in [4.78, 5) is 0. The predicted octanol–water partition coefficient (Wildman–Crippen LogP) is 5.75. The van der Waals surface area contributed by atoms with E-state index in [0.29, 0.717) is 0 Å². The van der Waals surface area contributed by atoms with Crippen LogP contribution in [0.1, 0.15) is 104 Å². The van der Waals surface area contributed by atoms with Gasteiger partial charge < -0.3 is 0 Å². The zero-order valence-corrected chi connectivity index (χ0v) is 13.2. The molecule has 1 unspecified atom stereocenters. The van der Waals surface area contributed by atoms with Gasteiger partial charge in [0.2, 0.25) is 0 Å². The van der Waals surface area contributed by atoms with Gasteiger partial charge in [-0.05, 0) is 5.92 Å². The Balaban J connectivity index is 0. The van der Waals surface area contributed by atoms with Crippen molar-refractivity contribution in [2.75, 3.05) is 0 Å². The molecule has 1 atom stereocenters. The van der Waals surface area contributed by atoms with Crippen LogP contribution in [0.5, 0.6) is 0 Å². The summed E-state index contributed by atoms with van der Waals surface area (Å²) in [7, 11) is 0. The fraction of sp³-hybridized carbons (Fsp3) is 0.944. The summed E-state index contributed by atoms with van der Waals surface area (Å²) in [5.41, 5.74) is 0. The van der Waals surface area contributed by atoms with Crippen LogP contribution >= 0.6 is 0 Å². The molecule has 0 fully saturated rings. The topological polar surface area (TPSA) is 0 Å². The highest BCUT2D eigenvalue weighted by atomic mass is 27.0. The highest BCUT2D eigenvalue weighted by molar-refractivity contribution is 5.75. The van der Waals surface area contributed by atoms with E-state index in [9.17, 15) is 0 Å². The number of rotatable bonds is 14. The zero-order chi connectivity index (χ0) is 13.5. The fourth-order valence-electron chi connectivity index (χ4n) is 2.57. The molecule has 115 valence electrons. The van der Waals surface area contributed by atoms with Gasteiger partial charge in [0.05, 0.1) is 0 Å². The second-order valence-corrected chi connectivity index (χ2v) is 5.98. The molecular weight excluding hydrogens is 243 g/mol. The molecule has 0 aliphatic heterocycles. The molecule has 0 nitrogen and oxygen atoms in total. The van der Waals surface area contributed by atoms with Crippen LogP contribution < -0.4 is 0 Å². The maximum absolute atomic E-state index is 4.30. The van der Waals surface area contributed by atoms with Gasteiger partial charge in [0.15, 0.2) is 17.4 Å². The maximum atomic E-state index is 4.30. The van der Waals surface area contributed by atoms with Crippen molar-refractivity contribution in [3.05, 3.63) is 6.92 Å². The number of hydrogen-bond donors (Lipinski definition) is 0. The number of unbranched alkanes of at least 4 members (excludes halogenated alkanes) is 10. The van der Waals surface area contributed by atoms with Gasteiger partial charge >= 0.3 is 0 Å². The summed E-state index contributed by atoms with van der Waals surface area (Å²) in [6.45, 7) is 8.87. The standard InChI is InChI=1S/C18H37.Al.3H/c1-4-6-8-10-11-13-15-17-18(3)16-14-12-9-7-5-2;;;;/h18H,3-17H2,1-2H3;;;;. The monoisotopic (exact) mass is 283 g/mol. The molecule has 0 aromatic heterocycles. The van der Waals surface area contributed by atoms with Crippen LogP contribution in [0.25, 0.3) is 0 Å². The Kier molecular flexibility index (Phi) is 21.3. The Hall–Kier alpha value is 0.532. The molecule has 0 aromatic rings. The van der Waals surface area contributed by atoms with Gasteiger partial charge in [0.25, 0.3) is 0 Å². The van der Waals surface area contributed by atoms with Crippen LogP contribution in [0.3, 0.4) is 0 Å². The molecule has 0 bridgehead atoms. The highest BCUT2D eigenvalue weighted by Crippen LogP contribution is 2.18. The van der Waals surface area contributed by atoms with Crippen molar-refractivity contribution in [2.24, 2.45) is 5.92 Å². The van der Waals surface area contributed by atoms with Gasteiger partial charge in [0.1, 0.15) is 0 Å². The molecule has 1 heteroatoms. The third-order valence-corrected chi connectivity index (χ3v) is 3.93. The average Bonchev–Trinajstić information content (AvgIpc) is 2.37. The van der Waals surface area contributed by atoms with E-state index in [2.05, 4.69) is 20.8 Å². The lowest BCUT2D eigenvalue weighted by atomic mass is 9.96. The van der Waals surface area contributed by atoms with Crippen LogP contribution in [0.4, 0.5) is 0 Å². The molecular formula is C18H40Al. The van der Waals surface area contributed by atoms with E-state index in [4.69, 9.17) is 0 Å². The van der Waals surface area contributed by atoms with Crippen molar-refractivity contribution >= 4 is 17.4 Å². The zero-order valence-electron chi connectivity index (χ0n) is 13.2. The Morgan fingerprint density at radius 3 is 1.26 bits per heavy atom. The van der Waals surface area contributed by atoms with E-state index in [-0.39, 0.29) is 17.4 Å². The Labute approximate surface area is 134 Å². The maximum Gasteiger partial charge on any atom is 0.187 e. The smallest absolute Gasteiger partial charge is 0.0654 e. The molecule has 0 heterocycles. The van der Waals surface area contributed by atoms with Crippen molar-refractivity contribution in [2.45, 2.75) is 104 Å². The molecule has 0 spiro atoms. The Bertz CT molecular complexity index is 145. The van der Waals surface area contributed by atoms with Crippen molar-refractivity contribution in [3.8, 4) is 0 Å². The molecule has 0 aromatic carbocycles. The first-order chi connectivity index (χ1) is 8.81. The van der Waals surface area contributed by atoms with E-state index < -0.39 is 0 Å². The third-order valence-electron chi connectivity index (χ3n) is 3.93. The van der Waals surface area contributed by atoms with Gasteiger partial charge in [-0.2, -0.15) is 0 Å². The summed E-state index contributed by atoms with van der Waals surface area (Å²) in [6.07, 6.45) is 19.7. The molecule has 0 saturated carbocycles. The largest absolute Gasteiger partial charge is 0.187 e. The van der Waals surface area contributed by atoms with Gasteiger partial charge in [-0.25, -0.2) is 0 Å². The van der Waals surface area contributed by atoms with Crippen molar-refractivity contribution in [3.63, 3.8) is 0 Å². The van der Waals surface area contributed by atoms with Crippen LogP contribution in [-0.2, 0) is 0 Å². The van der Waals surface area contributed by atoms with E-state index in [0.717, 1.165) is 5.92 Å². The minimum Gasteiger partial charge on any atom is -0.0654 e. The summed E-state index contributed by atoms with van der Waals surface area (Å²) >= 11 is 0. The first kappa shape index (κ1) is 21.8. The average molecular weight is 283 g/mol. The minimum absolute atomic E-state index is 0. The highest BCUT2D eigenvalue weighted by Gasteiger charge is 2.01. The first-order valence-corrected chi connectivity index (χ1v) is 8.64. The quantitative estimate of drug-likeness (QED) is 0.281. The minimum atomic E-state index is 0. The van der Waals surface area contributed by atoms with Crippen LogP contribution in [0, 0.1) is 12.8 Å². The molecule has 0 N–H and O–H groups in total. The molecule has 19 heavy (non-hydrogen) atoms. The molecule has 0 aliphatic carbocycles. The van der Waals surface area contributed by atoms with E-state index in [1.54, 1.807) is 0 Å². The van der Waals surface area contributed by atoms with Gasteiger partial charge in [-0.3, -0.25) is 0 Å². The van der Waals surface area contributed by atoms with E-state index >= 15 is 0 Å². The van der Waals surface area contributed by atoms with Gasteiger partial charge in [0, 0.05) is 0 Å². The van der Waals surface area contributed by atoms with Crippen molar-refractivity contribution in [1.29, 1.82) is 0 Å². The molecule has 0 aliphatic rings. The van der Waals surface area contributed by atoms with Gasteiger partial charge in [-0.1, -0.05) is 111 Å². The van der Waals surface area contributed by atoms with Crippen molar-refractivity contribution in [1.82, 2.24) is 0 Å². The summed E-state index contributed by atoms with van der Waals surface area (Å²) in [5, 5.41) is 0. The fourth-order valence-corrected chi connectivity index (χ4v) is 2.57. The molecule has 0 saturated heterocycles. The predicted molar refractivity (Wildman–Crippen MR) is 94.8 cm³/mol. The summed E-state index contributed by atoms with van der Waals surface area (Å²) in [5.74, 6) is 0.724. The summed E-state index contributed by atoms with van der Waals surface area (Å²) in [6, 6.07) is 0. The normalized spacial score (nSPS) is 12.2. The molecule has 0 rings (SSSR count). The van der Waals surface area contributed by atoms with E-state index in [1.807, 2.05) is 0 Å². The van der Waals surface area contributed by atoms with Crippen LogP contribution in [0.2, 0.25) is 0 Å². The van der Waals surface area contributed by atoms with Gasteiger partial charge in [-0.15, -0.1) is 0 Å². The van der Waals surface area contributed by atoms with E-state index in [1.165, 1.54) is 89.9 Å². The Morgan fingerprint density at radius 1 is 0.579 bits per heavy atom.